The molecule has 0 aliphatic rings. The molecule has 0 aliphatic heterocycles. The van der Waals surface area contributed by atoms with Gasteiger partial charge < -0.3 is 5.32 Å². The van der Waals surface area contributed by atoms with Crippen LogP contribution in [0.2, 0.25) is 0 Å². The number of rotatable bonds is 3. The Kier molecular flexibility index (Phi) is 4.80. The number of carbonyl (C=O) groups excluding carboxylic acids is 1. The number of halogens is 2. The molecule has 2 unspecified atom stereocenters. The smallest absolute Gasteiger partial charge is 0.233 e. The van der Waals surface area contributed by atoms with Crippen LogP contribution in [0.3, 0.4) is 0 Å². The van der Waals surface area contributed by atoms with E-state index in [4.69, 9.17) is 0 Å². The van der Waals surface area contributed by atoms with E-state index in [2.05, 4.69) is 37.2 Å². The van der Waals surface area contributed by atoms with E-state index in [1.54, 1.807) is 0 Å². The Morgan fingerprint density at radius 2 is 1.80 bits per heavy atom. The second-order valence-electron chi connectivity index (χ2n) is 3.40. The Bertz CT molecular complexity index is 335. The summed E-state index contributed by atoms with van der Waals surface area (Å²) >= 11 is 6.61. The molecule has 15 heavy (non-hydrogen) atoms. The number of hydrogen-bond acceptors (Lipinski definition) is 1. The summed E-state index contributed by atoms with van der Waals surface area (Å²) in [4.78, 5) is 11.3. The van der Waals surface area contributed by atoms with E-state index in [9.17, 15) is 4.79 Å². The lowest BCUT2D eigenvalue weighted by Gasteiger charge is -2.15. The van der Waals surface area contributed by atoms with Gasteiger partial charge in [0, 0.05) is 4.47 Å². The highest BCUT2D eigenvalue weighted by Gasteiger charge is 2.12. The minimum Gasteiger partial charge on any atom is -0.349 e. The summed E-state index contributed by atoms with van der Waals surface area (Å²) in [6.07, 6.45) is 0. The number of carbonyl (C=O) groups is 1. The highest BCUT2D eigenvalue weighted by molar-refractivity contribution is 9.10. The zero-order chi connectivity index (χ0) is 11.4. The highest BCUT2D eigenvalue weighted by Crippen LogP contribution is 2.16. The molecule has 1 aromatic rings. The molecule has 0 spiro atoms. The Labute approximate surface area is 107 Å². The monoisotopic (exact) mass is 333 g/mol. The van der Waals surface area contributed by atoms with Crippen LogP contribution in [-0.2, 0) is 4.79 Å². The summed E-state index contributed by atoms with van der Waals surface area (Å²) < 4.78 is 1.04. The van der Waals surface area contributed by atoms with Crippen LogP contribution in [0, 0.1) is 0 Å². The fourth-order valence-electron chi connectivity index (χ4n) is 1.16. The molecule has 1 rings (SSSR count). The van der Waals surface area contributed by atoms with Gasteiger partial charge in [0.15, 0.2) is 0 Å². The fraction of sp³-hybridized carbons (Fsp3) is 0.364. The normalized spacial score (nSPS) is 14.4. The molecule has 0 aliphatic carbocycles. The molecule has 0 heterocycles. The van der Waals surface area contributed by atoms with E-state index >= 15 is 0 Å². The molecule has 0 radical (unpaired) electrons. The highest BCUT2D eigenvalue weighted by atomic mass is 79.9. The Balaban J connectivity index is 2.65. The van der Waals surface area contributed by atoms with Crippen molar-refractivity contribution in [2.75, 3.05) is 0 Å². The Hall–Kier alpha value is -0.350. The Morgan fingerprint density at radius 1 is 1.27 bits per heavy atom. The molecule has 0 fully saturated rings. The van der Waals surface area contributed by atoms with Crippen LogP contribution in [0.4, 0.5) is 0 Å². The number of benzene rings is 1. The molecule has 1 aromatic carbocycles. The SMILES string of the molecule is CC(Br)C(=O)NC(C)c1ccc(Br)cc1. The van der Waals surface area contributed by atoms with Crippen LogP contribution in [0.1, 0.15) is 25.5 Å². The van der Waals surface area contributed by atoms with Gasteiger partial charge in [-0.3, -0.25) is 4.79 Å². The average Bonchev–Trinajstić information content (AvgIpc) is 2.18. The van der Waals surface area contributed by atoms with Crippen molar-refractivity contribution in [3.63, 3.8) is 0 Å². The van der Waals surface area contributed by atoms with Gasteiger partial charge in [-0.25, -0.2) is 0 Å². The maximum absolute atomic E-state index is 11.4. The first kappa shape index (κ1) is 12.7. The molecule has 0 aromatic heterocycles. The van der Waals surface area contributed by atoms with Gasteiger partial charge in [0.1, 0.15) is 0 Å². The van der Waals surface area contributed by atoms with Crippen molar-refractivity contribution >= 4 is 37.8 Å². The molecule has 0 saturated carbocycles. The Morgan fingerprint density at radius 3 is 2.27 bits per heavy atom. The number of hydrogen-bond donors (Lipinski definition) is 1. The summed E-state index contributed by atoms with van der Waals surface area (Å²) in [7, 11) is 0. The van der Waals surface area contributed by atoms with Gasteiger partial charge in [-0.15, -0.1) is 0 Å². The number of nitrogens with one attached hydrogen (secondary N) is 1. The second kappa shape index (κ2) is 5.66. The molecule has 0 saturated heterocycles. The summed E-state index contributed by atoms with van der Waals surface area (Å²) in [5, 5.41) is 2.91. The van der Waals surface area contributed by atoms with Crippen LogP contribution >= 0.6 is 31.9 Å². The minimum absolute atomic E-state index is 0.00502. The lowest BCUT2D eigenvalue weighted by molar-refractivity contribution is -0.120. The average molecular weight is 335 g/mol. The van der Waals surface area contributed by atoms with Gasteiger partial charge in [0.25, 0.3) is 0 Å². The lowest BCUT2D eigenvalue weighted by Crippen LogP contribution is -2.31. The third kappa shape index (κ3) is 3.95. The van der Waals surface area contributed by atoms with Crippen molar-refractivity contribution in [2.24, 2.45) is 0 Å². The van der Waals surface area contributed by atoms with Crippen LogP contribution < -0.4 is 5.32 Å². The van der Waals surface area contributed by atoms with Gasteiger partial charge in [-0.05, 0) is 31.5 Å². The van der Waals surface area contributed by atoms with Crippen LogP contribution in [0.5, 0.6) is 0 Å². The van der Waals surface area contributed by atoms with Crippen molar-refractivity contribution in [1.82, 2.24) is 5.32 Å². The van der Waals surface area contributed by atoms with E-state index < -0.39 is 0 Å². The van der Waals surface area contributed by atoms with Gasteiger partial charge in [-0.2, -0.15) is 0 Å². The van der Waals surface area contributed by atoms with Crippen molar-refractivity contribution in [1.29, 1.82) is 0 Å². The van der Waals surface area contributed by atoms with E-state index in [0.29, 0.717) is 0 Å². The molecule has 1 N–H and O–H groups in total. The summed E-state index contributed by atoms with van der Waals surface area (Å²) in [6.45, 7) is 3.78. The third-order valence-electron chi connectivity index (χ3n) is 2.09. The minimum atomic E-state index is -0.157. The standard InChI is InChI=1S/C11H13Br2NO/c1-7(12)11(15)14-8(2)9-3-5-10(13)6-4-9/h3-8H,1-2H3,(H,14,15). The molecule has 0 bridgehead atoms. The van der Waals surface area contributed by atoms with E-state index in [-0.39, 0.29) is 16.8 Å². The molecular formula is C11H13Br2NO. The first-order valence-electron chi connectivity index (χ1n) is 4.70. The van der Waals surface area contributed by atoms with E-state index in [1.807, 2.05) is 38.1 Å². The third-order valence-corrected chi connectivity index (χ3v) is 3.03. The second-order valence-corrected chi connectivity index (χ2v) is 5.69. The van der Waals surface area contributed by atoms with Gasteiger partial charge in [0.2, 0.25) is 5.91 Å². The zero-order valence-corrected chi connectivity index (χ0v) is 11.8. The maximum atomic E-state index is 11.4. The van der Waals surface area contributed by atoms with Crippen molar-refractivity contribution < 1.29 is 4.79 Å². The predicted octanol–water partition coefficient (Wildman–Crippen LogP) is 3.41. The number of amides is 1. The molecule has 2 nitrogen and oxygen atoms in total. The summed E-state index contributed by atoms with van der Waals surface area (Å²) in [6, 6.07) is 7.96. The van der Waals surface area contributed by atoms with E-state index in [0.717, 1.165) is 10.0 Å². The van der Waals surface area contributed by atoms with Crippen molar-refractivity contribution in [3.8, 4) is 0 Å². The summed E-state index contributed by atoms with van der Waals surface area (Å²) in [5.74, 6) is 0.00502. The molecular weight excluding hydrogens is 322 g/mol. The van der Waals surface area contributed by atoms with Crippen LogP contribution in [0.25, 0.3) is 0 Å². The molecule has 82 valence electrons. The van der Waals surface area contributed by atoms with Crippen LogP contribution in [-0.4, -0.2) is 10.7 Å². The molecule has 1 amide bonds. The van der Waals surface area contributed by atoms with E-state index in [1.165, 1.54) is 0 Å². The topological polar surface area (TPSA) is 29.1 Å². The fourth-order valence-corrected chi connectivity index (χ4v) is 1.56. The lowest BCUT2D eigenvalue weighted by atomic mass is 10.1. The largest absolute Gasteiger partial charge is 0.349 e. The van der Waals surface area contributed by atoms with Crippen LogP contribution in [0.15, 0.2) is 28.7 Å². The summed E-state index contributed by atoms with van der Waals surface area (Å²) in [5.41, 5.74) is 1.10. The van der Waals surface area contributed by atoms with Crippen molar-refractivity contribution in [3.05, 3.63) is 34.3 Å². The molecule has 4 heteroatoms. The molecule has 2 atom stereocenters. The predicted molar refractivity (Wildman–Crippen MR) is 69.1 cm³/mol. The van der Waals surface area contributed by atoms with Gasteiger partial charge >= 0.3 is 0 Å². The number of alkyl halides is 1. The quantitative estimate of drug-likeness (QED) is 0.843. The zero-order valence-electron chi connectivity index (χ0n) is 8.63. The van der Waals surface area contributed by atoms with Gasteiger partial charge in [-0.1, -0.05) is 44.0 Å². The first-order valence-corrected chi connectivity index (χ1v) is 6.41. The first-order chi connectivity index (χ1) is 7.00. The van der Waals surface area contributed by atoms with Gasteiger partial charge in [0.05, 0.1) is 10.9 Å². The van der Waals surface area contributed by atoms with Crippen molar-refractivity contribution in [2.45, 2.75) is 24.7 Å². The maximum Gasteiger partial charge on any atom is 0.233 e.